The van der Waals surface area contributed by atoms with Crippen LogP contribution in [-0.2, 0) is 14.4 Å². The Morgan fingerprint density at radius 3 is 2.77 bits per heavy atom. The molecule has 0 aliphatic carbocycles. The van der Waals surface area contributed by atoms with E-state index in [4.69, 9.17) is 9.15 Å². The number of para-hydroxylation sites is 1. The van der Waals surface area contributed by atoms with Crippen LogP contribution in [0.3, 0.4) is 0 Å². The van der Waals surface area contributed by atoms with Gasteiger partial charge in [0.05, 0.1) is 12.6 Å². The predicted molar refractivity (Wildman–Crippen MR) is 147 cm³/mol. The summed E-state index contributed by atoms with van der Waals surface area (Å²) >= 11 is 0. The minimum absolute atomic E-state index is 0.110. The second kappa shape index (κ2) is 11.7. The fourth-order valence-electron chi connectivity index (χ4n) is 5.88. The molecule has 40 heavy (non-hydrogen) atoms. The Kier molecular flexibility index (Phi) is 8.11. The number of pyridine rings is 1. The van der Waals surface area contributed by atoms with Crippen LogP contribution in [0.15, 0.2) is 34.7 Å². The van der Waals surface area contributed by atoms with Crippen LogP contribution in [0.2, 0.25) is 0 Å². The number of nitrogens with one attached hydrogen (secondary N) is 2. The highest BCUT2D eigenvalue weighted by molar-refractivity contribution is 5.93. The number of carbonyl (C=O) groups is 3. The largest absolute Gasteiger partial charge is 0.480 e. The van der Waals surface area contributed by atoms with Gasteiger partial charge in [-0.05, 0) is 32.0 Å². The molecule has 2 N–H and O–H groups in total. The first-order valence-corrected chi connectivity index (χ1v) is 13.9. The lowest BCUT2D eigenvalue weighted by atomic mass is 9.73. The molecule has 212 valence electrons. The number of hydrogen-bond donors (Lipinski definition) is 2. The average molecular weight is 549 g/mol. The fraction of sp³-hybridized carbons (Fsp3) is 0.517. The minimum Gasteiger partial charge on any atom is -0.480 e. The van der Waals surface area contributed by atoms with Gasteiger partial charge in [-0.3, -0.25) is 14.4 Å². The number of Topliss-reactive ketones (excluding diaryl/α,β-unsaturated/α-hetero) is 1. The zero-order valence-electron chi connectivity index (χ0n) is 23.2. The van der Waals surface area contributed by atoms with Gasteiger partial charge in [0, 0.05) is 43.2 Å². The quantitative estimate of drug-likeness (QED) is 0.327. The lowest BCUT2D eigenvalue weighted by molar-refractivity contribution is -0.130. The zero-order chi connectivity index (χ0) is 28.3. The Morgan fingerprint density at radius 1 is 1.23 bits per heavy atom. The number of aromatic nitrogens is 3. The van der Waals surface area contributed by atoms with Crippen LogP contribution < -0.4 is 15.4 Å². The summed E-state index contributed by atoms with van der Waals surface area (Å²) in [6, 6.07) is 8.39. The number of rotatable bonds is 12. The van der Waals surface area contributed by atoms with E-state index in [0.717, 1.165) is 30.2 Å². The van der Waals surface area contributed by atoms with Crippen molar-refractivity contribution in [3.8, 4) is 17.3 Å². The number of likely N-dealkylation sites (tertiary alicyclic amines) is 1. The van der Waals surface area contributed by atoms with Crippen LogP contribution in [0.5, 0.6) is 5.88 Å². The number of unbranched alkanes of at least 4 members (excludes halogenated alkanes) is 2. The summed E-state index contributed by atoms with van der Waals surface area (Å²) in [7, 11) is 3.51. The fourth-order valence-corrected chi connectivity index (χ4v) is 5.88. The number of ether oxygens (including phenoxy) is 1. The van der Waals surface area contributed by atoms with Crippen LogP contribution in [0.4, 0.5) is 0 Å². The van der Waals surface area contributed by atoms with Gasteiger partial charge in [-0.2, -0.15) is 0 Å². The van der Waals surface area contributed by atoms with E-state index >= 15 is 0 Å². The number of amides is 2. The number of carbonyl (C=O) groups excluding carboxylic acids is 3. The molecule has 2 atom stereocenters. The van der Waals surface area contributed by atoms with Gasteiger partial charge >= 0.3 is 0 Å². The molecule has 0 radical (unpaired) electrons. The van der Waals surface area contributed by atoms with Crippen molar-refractivity contribution in [3.05, 3.63) is 36.2 Å². The number of methoxy groups -OCH3 is 1. The summed E-state index contributed by atoms with van der Waals surface area (Å²) in [5.74, 6) is 0.754. The van der Waals surface area contributed by atoms with E-state index in [1.165, 1.54) is 7.11 Å². The molecule has 1 unspecified atom stereocenters. The van der Waals surface area contributed by atoms with Crippen molar-refractivity contribution in [1.29, 1.82) is 0 Å². The molecule has 2 fully saturated rings. The zero-order valence-corrected chi connectivity index (χ0v) is 23.2. The molecular weight excluding hydrogens is 512 g/mol. The highest BCUT2D eigenvalue weighted by Gasteiger charge is 2.56. The van der Waals surface area contributed by atoms with Crippen molar-refractivity contribution in [2.45, 2.75) is 64.0 Å². The van der Waals surface area contributed by atoms with Crippen LogP contribution in [0, 0.1) is 5.41 Å². The Bertz CT molecular complexity index is 1400. The van der Waals surface area contributed by atoms with Crippen molar-refractivity contribution < 1.29 is 23.5 Å². The molecule has 4 heterocycles. The Morgan fingerprint density at radius 2 is 2.02 bits per heavy atom. The molecule has 2 amide bonds. The standard InChI is InChI=1S/C29H36N6O5/c1-4-19(36)11-6-5-7-13-22(30-25(38)24-29(15-23(37)32-24)16-35(2)17-29)28-34-33-27(40-28)20-14-18-10-8-9-12-21(18)31-26(20)39-3/h8-10,12,14,22,24H,4-7,11,13,15-17H2,1-3H3,(H,30,38)(H,32,37)/t22-,24?/m0/s1. The third-order valence-corrected chi connectivity index (χ3v) is 7.87. The van der Waals surface area contributed by atoms with Crippen molar-refractivity contribution >= 4 is 28.5 Å². The van der Waals surface area contributed by atoms with E-state index < -0.39 is 17.5 Å². The lowest BCUT2D eigenvalue weighted by Crippen LogP contribution is -2.63. The molecule has 1 spiro atoms. The maximum absolute atomic E-state index is 13.5. The highest BCUT2D eigenvalue weighted by atomic mass is 16.5. The molecular formula is C29H36N6O5. The summed E-state index contributed by atoms with van der Waals surface area (Å²) < 4.78 is 11.6. The van der Waals surface area contributed by atoms with Crippen LogP contribution >= 0.6 is 0 Å². The third kappa shape index (κ3) is 5.70. The summed E-state index contributed by atoms with van der Waals surface area (Å²) in [6.07, 6.45) is 4.36. The maximum Gasteiger partial charge on any atom is 0.253 e. The Labute approximate surface area is 233 Å². The topological polar surface area (TPSA) is 140 Å². The SMILES string of the molecule is CCC(=O)CCCCC[C@H](NC(=O)C1NC(=O)CC12CN(C)C2)c1nnc(-c2cc3ccccc3nc2OC)o1. The monoisotopic (exact) mass is 548 g/mol. The molecule has 5 rings (SSSR count). The molecule has 1 aromatic carbocycles. The normalized spacial score (nSPS) is 18.9. The van der Waals surface area contributed by atoms with Gasteiger partial charge in [0.1, 0.15) is 23.4 Å². The van der Waals surface area contributed by atoms with Gasteiger partial charge in [-0.25, -0.2) is 4.98 Å². The predicted octanol–water partition coefficient (Wildman–Crippen LogP) is 3.20. The molecule has 3 aromatic rings. The highest BCUT2D eigenvalue weighted by Crippen LogP contribution is 2.41. The first-order chi connectivity index (χ1) is 19.3. The number of hydrogen-bond acceptors (Lipinski definition) is 9. The number of nitrogens with zero attached hydrogens (tertiary/aromatic N) is 4. The van der Waals surface area contributed by atoms with Crippen molar-refractivity contribution in [3.63, 3.8) is 0 Å². The van der Waals surface area contributed by atoms with Gasteiger partial charge in [0.25, 0.3) is 5.89 Å². The van der Waals surface area contributed by atoms with Crippen LogP contribution in [-0.4, -0.2) is 71.0 Å². The Hall–Kier alpha value is -3.86. The molecule has 2 aliphatic rings. The van der Waals surface area contributed by atoms with Gasteiger partial charge < -0.3 is 24.7 Å². The van der Waals surface area contributed by atoms with Gasteiger partial charge in [0.15, 0.2) is 0 Å². The van der Waals surface area contributed by atoms with E-state index in [1.807, 2.05) is 44.3 Å². The molecule has 0 saturated carbocycles. The van der Waals surface area contributed by atoms with E-state index in [9.17, 15) is 14.4 Å². The van der Waals surface area contributed by atoms with E-state index in [1.54, 1.807) is 0 Å². The number of ketones is 1. The first kappa shape index (κ1) is 27.7. The van der Waals surface area contributed by atoms with Gasteiger partial charge in [-0.15, -0.1) is 10.2 Å². The second-order valence-corrected chi connectivity index (χ2v) is 10.9. The third-order valence-electron chi connectivity index (χ3n) is 7.87. The summed E-state index contributed by atoms with van der Waals surface area (Å²) in [5.41, 5.74) is 0.941. The van der Waals surface area contributed by atoms with Crippen LogP contribution in [0.25, 0.3) is 22.4 Å². The molecule has 2 aromatic heterocycles. The molecule has 11 nitrogen and oxygen atoms in total. The smallest absolute Gasteiger partial charge is 0.253 e. The van der Waals surface area contributed by atoms with Gasteiger partial charge in [0.2, 0.25) is 23.6 Å². The molecule has 0 bridgehead atoms. The lowest BCUT2D eigenvalue weighted by Gasteiger charge is -2.48. The average Bonchev–Trinajstić information content (AvgIpc) is 3.56. The molecule has 11 heteroatoms. The molecule has 2 saturated heterocycles. The second-order valence-electron chi connectivity index (χ2n) is 10.9. The summed E-state index contributed by atoms with van der Waals surface area (Å²) in [4.78, 5) is 44.2. The summed E-state index contributed by atoms with van der Waals surface area (Å²) in [6.45, 7) is 3.23. The Balaban J connectivity index is 1.36. The van der Waals surface area contributed by atoms with Crippen molar-refractivity contribution in [2.75, 3.05) is 27.2 Å². The molecule has 2 aliphatic heterocycles. The van der Waals surface area contributed by atoms with E-state index in [-0.39, 0.29) is 29.4 Å². The number of benzene rings is 1. The van der Waals surface area contributed by atoms with Gasteiger partial charge in [-0.1, -0.05) is 38.0 Å². The van der Waals surface area contributed by atoms with Crippen LogP contribution in [0.1, 0.15) is 63.8 Å². The van der Waals surface area contributed by atoms with E-state index in [0.29, 0.717) is 50.2 Å². The number of fused-ring (bicyclic) bond motifs is 1. The summed E-state index contributed by atoms with van der Waals surface area (Å²) in [5, 5.41) is 15.4. The minimum atomic E-state index is -0.618. The maximum atomic E-state index is 13.5. The van der Waals surface area contributed by atoms with E-state index in [2.05, 4.69) is 30.7 Å². The van der Waals surface area contributed by atoms with Crippen molar-refractivity contribution in [2.24, 2.45) is 5.41 Å². The first-order valence-electron chi connectivity index (χ1n) is 13.9. The van der Waals surface area contributed by atoms with Crippen molar-refractivity contribution in [1.82, 2.24) is 30.7 Å².